The van der Waals surface area contributed by atoms with Crippen molar-refractivity contribution in [3.05, 3.63) is 65.2 Å². The molecule has 10 nitrogen and oxygen atoms in total. The molecule has 2 aromatic carbocycles. The van der Waals surface area contributed by atoms with E-state index in [4.69, 9.17) is 23.7 Å². The normalized spacial score (nSPS) is 17.1. The molecule has 218 valence electrons. The maximum Gasteiger partial charge on any atom is 0.410 e. The van der Waals surface area contributed by atoms with E-state index in [1.807, 2.05) is 37.3 Å². The molecule has 0 aromatic heterocycles. The molecule has 1 saturated heterocycles. The molecule has 0 saturated carbocycles. The van der Waals surface area contributed by atoms with E-state index in [1.54, 1.807) is 43.9 Å². The number of ether oxygens (including phenoxy) is 5. The van der Waals surface area contributed by atoms with Crippen molar-refractivity contribution in [1.29, 1.82) is 0 Å². The molecule has 1 aliphatic rings. The average Bonchev–Trinajstić information content (AvgIpc) is 2.93. The molecule has 2 atom stereocenters. The number of likely N-dealkylation sites (tertiary alicyclic amines) is 1. The zero-order valence-electron chi connectivity index (χ0n) is 23.9. The van der Waals surface area contributed by atoms with Crippen LogP contribution in [0.4, 0.5) is 9.59 Å². The van der Waals surface area contributed by atoms with E-state index >= 15 is 0 Å². The van der Waals surface area contributed by atoms with E-state index in [2.05, 4.69) is 5.32 Å². The van der Waals surface area contributed by atoms with E-state index in [-0.39, 0.29) is 25.9 Å². The van der Waals surface area contributed by atoms with Gasteiger partial charge in [0.1, 0.15) is 24.6 Å². The Balaban J connectivity index is 1.82. The average molecular weight is 557 g/mol. The van der Waals surface area contributed by atoms with Gasteiger partial charge in [-0.2, -0.15) is 0 Å². The highest BCUT2D eigenvalue weighted by molar-refractivity contribution is 5.90. The molecule has 1 fully saturated rings. The third kappa shape index (κ3) is 9.15. The van der Waals surface area contributed by atoms with Gasteiger partial charge in [-0.15, -0.1) is 0 Å². The van der Waals surface area contributed by atoms with Crippen molar-refractivity contribution in [2.75, 3.05) is 33.4 Å². The van der Waals surface area contributed by atoms with Gasteiger partial charge >= 0.3 is 18.2 Å². The number of rotatable bonds is 10. The smallest absolute Gasteiger partial charge is 0.410 e. The highest BCUT2D eigenvalue weighted by Gasteiger charge is 2.36. The molecular formula is C30H40N2O8. The predicted molar refractivity (Wildman–Crippen MR) is 148 cm³/mol. The van der Waals surface area contributed by atoms with Crippen molar-refractivity contribution < 1.29 is 38.1 Å². The Labute approximate surface area is 235 Å². The van der Waals surface area contributed by atoms with Crippen LogP contribution in [0.3, 0.4) is 0 Å². The summed E-state index contributed by atoms with van der Waals surface area (Å²) in [6, 6.07) is 14.1. The molecule has 0 spiro atoms. The second kappa shape index (κ2) is 14.6. The lowest BCUT2D eigenvalue weighted by Crippen LogP contribution is -2.43. The Hall–Kier alpha value is -3.79. The molecule has 0 unspecified atom stereocenters. The Bertz CT molecular complexity index is 1130. The molecule has 0 bridgehead atoms. The van der Waals surface area contributed by atoms with E-state index in [0.717, 1.165) is 5.56 Å². The predicted octanol–water partition coefficient (Wildman–Crippen LogP) is 5.26. The Morgan fingerprint density at radius 3 is 2.50 bits per heavy atom. The zero-order valence-corrected chi connectivity index (χ0v) is 23.9. The Kier molecular flexibility index (Phi) is 11.2. The number of hydrogen-bond donors (Lipinski definition) is 1. The number of benzene rings is 2. The minimum absolute atomic E-state index is 0.0601. The molecule has 2 amide bonds. The van der Waals surface area contributed by atoms with Crippen molar-refractivity contribution in [1.82, 2.24) is 10.2 Å². The zero-order chi connectivity index (χ0) is 29.1. The summed E-state index contributed by atoms with van der Waals surface area (Å²) in [6.07, 6.45) is 0.131. The fourth-order valence-corrected chi connectivity index (χ4v) is 4.44. The van der Waals surface area contributed by atoms with Gasteiger partial charge in [0.05, 0.1) is 31.4 Å². The Morgan fingerprint density at radius 2 is 1.82 bits per heavy atom. The van der Waals surface area contributed by atoms with E-state index in [0.29, 0.717) is 42.9 Å². The van der Waals surface area contributed by atoms with E-state index < -0.39 is 29.8 Å². The number of hydrogen-bond acceptors (Lipinski definition) is 8. The van der Waals surface area contributed by atoms with Crippen LogP contribution in [0.1, 0.15) is 68.1 Å². The minimum atomic E-state index is -0.621. The minimum Gasteiger partial charge on any atom is -0.491 e. The van der Waals surface area contributed by atoms with Crippen LogP contribution in [-0.2, 0) is 25.6 Å². The van der Waals surface area contributed by atoms with Crippen LogP contribution in [0.25, 0.3) is 0 Å². The molecule has 10 heteroatoms. The number of methoxy groups -OCH3 is 1. The van der Waals surface area contributed by atoms with Crippen LogP contribution in [0.5, 0.6) is 5.75 Å². The van der Waals surface area contributed by atoms with Gasteiger partial charge in [-0.25, -0.2) is 14.4 Å². The fraction of sp³-hybridized carbons (Fsp3) is 0.500. The summed E-state index contributed by atoms with van der Waals surface area (Å²) in [6.45, 7) is 8.70. The maximum absolute atomic E-state index is 13.3. The fourth-order valence-electron chi connectivity index (χ4n) is 4.44. The van der Waals surface area contributed by atoms with E-state index in [9.17, 15) is 14.4 Å². The largest absolute Gasteiger partial charge is 0.491 e. The van der Waals surface area contributed by atoms with Crippen LogP contribution in [0.2, 0.25) is 0 Å². The molecule has 1 N–H and O–H groups in total. The first-order valence-electron chi connectivity index (χ1n) is 13.5. The van der Waals surface area contributed by atoms with Gasteiger partial charge in [0.25, 0.3) is 0 Å². The van der Waals surface area contributed by atoms with Gasteiger partial charge in [0.15, 0.2) is 0 Å². The summed E-state index contributed by atoms with van der Waals surface area (Å²) in [5, 5.41) is 2.66. The van der Waals surface area contributed by atoms with E-state index in [1.165, 1.54) is 7.11 Å². The van der Waals surface area contributed by atoms with Crippen molar-refractivity contribution in [3.8, 4) is 5.75 Å². The van der Waals surface area contributed by atoms with Gasteiger partial charge in [-0.05, 0) is 58.2 Å². The van der Waals surface area contributed by atoms with Crippen LogP contribution in [0, 0.1) is 0 Å². The van der Waals surface area contributed by atoms with Gasteiger partial charge in [0.2, 0.25) is 0 Å². The summed E-state index contributed by atoms with van der Waals surface area (Å²) in [5.41, 5.74) is 1.27. The third-order valence-electron chi connectivity index (χ3n) is 6.22. The third-order valence-corrected chi connectivity index (χ3v) is 6.22. The number of amides is 2. The second-order valence-electron chi connectivity index (χ2n) is 10.4. The number of piperidine rings is 1. The SMILES string of the molecule is CCO[C@H]1CCN(C(=O)OCc2ccccc2)[C@H](c2ccc(C(=O)OC)cc2OCCNC(=O)OC(C)(C)C)C1. The quantitative estimate of drug-likeness (QED) is 0.240. The van der Waals surface area contributed by atoms with Crippen LogP contribution in [-0.4, -0.2) is 68.2 Å². The maximum atomic E-state index is 13.3. The van der Waals surface area contributed by atoms with Gasteiger partial charge < -0.3 is 33.9 Å². The number of carbonyl (C=O) groups is 3. The summed E-state index contributed by atoms with van der Waals surface area (Å²) >= 11 is 0. The molecular weight excluding hydrogens is 516 g/mol. The lowest BCUT2D eigenvalue weighted by molar-refractivity contribution is -0.0130. The monoisotopic (exact) mass is 556 g/mol. The topological polar surface area (TPSA) is 113 Å². The molecule has 40 heavy (non-hydrogen) atoms. The first-order valence-corrected chi connectivity index (χ1v) is 13.5. The molecule has 3 rings (SSSR count). The number of nitrogens with zero attached hydrogens (tertiary/aromatic N) is 1. The van der Waals surface area contributed by atoms with Crippen LogP contribution < -0.4 is 10.1 Å². The number of esters is 1. The first-order chi connectivity index (χ1) is 19.1. The van der Waals surface area contributed by atoms with Crippen molar-refractivity contribution in [2.24, 2.45) is 0 Å². The lowest BCUT2D eigenvalue weighted by atomic mass is 9.92. The summed E-state index contributed by atoms with van der Waals surface area (Å²) in [4.78, 5) is 39.3. The van der Waals surface area contributed by atoms with Crippen LogP contribution in [0.15, 0.2) is 48.5 Å². The molecule has 1 aliphatic heterocycles. The van der Waals surface area contributed by atoms with Crippen molar-refractivity contribution in [3.63, 3.8) is 0 Å². The standard InChI is InChI=1S/C30H40N2O8/c1-6-37-23-14-16-32(29(35)39-20-21-10-8-7-9-11-21)25(19-23)24-13-12-22(27(33)36-5)18-26(24)38-17-15-31-28(34)40-30(2,3)4/h7-13,18,23,25H,6,14-17,19-20H2,1-5H3,(H,31,34)/t23-,25-/m0/s1. The second-order valence-corrected chi connectivity index (χ2v) is 10.4. The van der Waals surface area contributed by atoms with Crippen molar-refractivity contribution >= 4 is 18.2 Å². The van der Waals surface area contributed by atoms with Gasteiger partial charge in [0, 0.05) is 18.7 Å². The summed E-state index contributed by atoms with van der Waals surface area (Å²) < 4.78 is 27.8. The van der Waals surface area contributed by atoms with Crippen molar-refractivity contribution in [2.45, 2.75) is 64.9 Å². The summed E-state index contributed by atoms with van der Waals surface area (Å²) in [5.74, 6) is -0.116. The molecule has 0 aliphatic carbocycles. The number of nitrogens with one attached hydrogen (secondary N) is 1. The highest BCUT2D eigenvalue weighted by atomic mass is 16.6. The number of carbonyl (C=O) groups excluding carboxylic acids is 3. The van der Waals surface area contributed by atoms with Gasteiger partial charge in [-0.3, -0.25) is 0 Å². The first kappa shape index (κ1) is 30.7. The van der Waals surface area contributed by atoms with Gasteiger partial charge in [-0.1, -0.05) is 36.4 Å². The Morgan fingerprint density at radius 1 is 1.07 bits per heavy atom. The molecule has 1 heterocycles. The highest BCUT2D eigenvalue weighted by Crippen LogP contribution is 2.38. The number of alkyl carbamates (subject to hydrolysis) is 1. The molecule has 2 aromatic rings. The summed E-state index contributed by atoms with van der Waals surface area (Å²) in [7, 11) is 1.31. The molecule has 0 radical (unpaired) electrons. The van der Waals surface area contributed by atoms with Crippen LogP contribution >= 0.6 is 0 Å². The lowest BCUT2D eigenvalue weighted by Gasteiger charge is -2.39.